The molecule has 30 heavy (non-hydrogen) atoms. The van der Waals surface area contributed by atoms with E-state index in [-0.39, 0.29) is 23.8 Å². The molecular formula is C23H23BrN4O2. The number of anilines is 1. The lowest BCUT2D eigenvalue weighted by Gasteiger charge is -2.25. The SMILES string of the molecule is NCC(=O)N[C@H](Cc1c[nH]c2ccccc12)C(=O)N1CC2(CC2)c2ccc(Br)cc21. The van der Waals surface area contributed by atoms with Crippen molar-refractivity contribution in [3.63, 3.8) is 0 Å². The summed E-state index contributed by atoms with van der Waals surface area (Å²) < 4.78 is 0.941. The number of nitrogens with one attached hydrogen (secondary N) is 2. The summed E-state index contributed by atoms with van der Waals surface area (Å²) in [6.07, 6.45) is 4.50. The van der Waals surface area contributed by atoms with Gasteiger partial charge in [0.1, 0.15) is 6.04 Å². The van der Waals surface area contributed by atoms with E-state index in [0.717, 1.165) is 39.5 Å². The highest BCUT2D eigenvalue weighted by Crippen LogP contribution is 2.56. The normalized spacial score (nSPS) is 17.2. The van der Waals surface area contributed by atoms with Crippen LogP contribution >= 0.6 is 15.9 Å². The first-order valence-corrected chi connectivity index (χ1v) is 11.0. The first-order chi connectivity index (χ1) is 14.5. The number of nitrogens with zero attached hydrogens (tertiary/aromatic N) is 1. The molecular weight excluding hydrogens is 444 g/mol. The van der Waals surface area contributed by atoms with Crippen LogP contribution in [0, 0.1) is 0 Å². The summed E-state index contributed by atoms with van der Waals surface area (Å²) in [7, 11) is 0. The van der Waals surface area contributed by atoms with Crippen LogP contribution in [0.15, 0.2) is 53.1 Å². The zero-order valence-corrected chi connectivity index (χ0v) is 18.0. The minimum atomic E-state index is -0.680. The van der Waals surface area contributed by atoms with Crippen LogP contribution in [0.25, 0.3) is 10.9 Å². The van der Waals surface area contributed by atoms with Gasteiger partial charge in [-0.1, -0.05) is 40.2 Å². The Labute approximate surface area is 182 Å². The van der Waals surface area contributed by atoms with Gasteiger partial charge in [-0.05, 0) is 42.2 Å². The molecule has 2 aliphatic rings. The quantitative estimate of drug-likeness (QED) is 0.539. The lowest BCUT2D eigenvalue weighted by atomic mass is 9.99. The van der Waals surface area contributed by atoms with Gasteiger partial charge in [-0.25, -0.2) is 0 Å². The fourth-order valence-corrected chi connectivity index (χ4v) is 4.94. The molecule has 154 valence electrons. The average Bonchev–Trinajstić information content (AvgIpc) is 3.32. The maximum Gasteiger partial charge on any atom is 0.249 e. The van der Waals surface area contributed by atoms with Crippen LogP contribution in [0.5, 0.6) is 0 Å². The number of rotatable bonds is 5. The van der Waals surface area contributed by atoms with Crippen molar-refractivity contribution < 1.29 is 9.59 Å². The van der Waals surface area contributed by atoms with E-state index in [2.05, 4.69) is 32.3 Å². The van der Waals surface area contributed by atoms with Gasteiger partial charge in [-0.15, -0.1) is 0 Å². The lowest BCUT2D eigenvalue weighted by Crippen LogP contribution is -2.51. The van der Waals surface area contributed by atoms with Gasteiger partial charge in [0, 0.05) is 45.6 Å². The summed E-state index contributed by atoms with van der Waals surface area (Å²) in [4.78, 5) is 30.9. The maximum atomic E-state index is 13.7. The van der Waals surface area contributed by atoms with Crippen molar-refractivity contribution in [2.75, 3.05) is 18.0 Å². The van der Waals surface area contributed by atoms with E-state index in [1.54, 1.807) is 0 Å². The summed E-state index contributed by atoms with van der Waals surface area (Å²) in [6, 6.07) is 13.4. The minimum absolute atomic E-state index is 0.0783. The van der Waals surface area contributed by atoms with Gasteiger partial charge in [-0.3, -0.25) is 9.59 Å². The molecule has 1 spiro atoms. The second kappa shape index (κ2) is 7.25. The first-order valence-electron chi connectivity index (χ1n) is 10.2. The number of carbonyl (C=O) groups is 2. The summed E-state index contributed by atoms with van der Waals surface area (Å²) in [5.74, 6) is -0.423. The Morgan fingerprint density at radius 1 is 1.23 bits per heavy atom. The Morgan fingerprint density at radius 3 is 2.80 bits per heavy atom. The summed E-state index contributed by atoms with van der Waals surface area (Å²) >= 11 is 3.54. The molecule has 1 aliphatic heterocycles. The first kappa shape index (κ1) is 19.3. The number of nitrogens with two attached hydrogens (primary N) is 1. The van der Waals surface area contributed by atoms with Crippen LogP contribution in [-0.4, -0.2) is 35.9 Å². The molecule has 0 bridgehead atoms. The van der Waals surface area contributed by atoms with Crippen LogP contribution in [-0.2, 0) is 21.4 Å². The molecule has 5 rings (SSSR count). The standard InChI is InChI=1S/C23H23BrN4O2/c24-15-5-6-17-20(10-15)28(13-23(17)7-8-23)22(30)19(27-21(29)11-25)9-14-12-26-18-4-2-1-3-16(14)18/h1-6,10,12,19,26H,7-9,11,13,25H2,(H,27,29)/t19-/m1/s1. The van der Waals surface area contributed by atoms with Gasteiger partial charge < -0.3 is 20.9 Å². The van der Waals surface area contributed by atoms with Crippen molar-refractivity contribution in [3.8, 4) is 0 Å². The van der Waals surface area contributed by atoms with Gasteiger partial charge in [0.15, 0.2) is 0 Å². The molecule has 0 saturated heterocycles. The van der Waals surface area contributed by atoms with Gasteiger partial charge in [0.2, 0.25) is 11.8 Å². The molecule has 1 fully saturated rings. The van der Waals surface area contributed by atoms with Gasteiger partial charge in [0.05, 0.1) is 6.54 Å². The van der Waals surface area contributed by atoms with E-state index in [4.69, 9.17) is 5.73 Å². The zero-order chi connectivity index (χ0) is 20.9. The summed E-state index contributed by atoms with van der Waals surface area (Å²) in [6.45, 7) is 0.518. The molecule has 3 aromatic rings. The van der Waals surface area contributed by atoms with Crippen molar-refractivity contribution in [1.82, 2.24) is 10.3 Å². The number of benzene rings is 2. The van der Waals surface area contributed by atoms with Gasteiger partial charge in [0.25, 0.3) is 0 Å². The number of aromatic nitrogens is 1. The van der Waals surface area contributed by atoms with Crippen LogP contribution < -0.4 is 16.0 Å². The van der Waals surface area contributed by atoms with Crippen molar-refractivity contribution >= 4 is 44.3 Å². The second-order valence-corrected chi connectivity index (χ2v) is 9.17. The van der Waals surface area contributed by atoms with E-state index in [9.17, 15) is 9.59 Å². The number of amides is 2. The minimum Gasteiger partial charge on any atom is -0.361 e. The molecule has 2 heterocycles. The number of aromatic amines is 1. The van der Waals surface area contributed by atoms with E-state index < -0.39 is 6.04 Å². The fourth-order valence-electron chi connectivity index (χ4n) is 4.59. The number of halogens is 1. The van der Waals surface area contributed by atoms with Crippen molar-refractivity contribution in [3.05, 3.63) is 64.3 Å². The monoisotopic (exact) mass is 466 g/mol. The second-order valence-electron chi connectivity index (χ2n) is 8.25. The molecule has 1 saturated carbocycles. The van der Waals surface area contributed by atoms with E-state index in [1.807, 2.05) is 47.5 Å². The smallest absolute Gasteiger partial charge is 0.249 e. The van der Waals surface area contributed by atoms with Crippen molar-refractivity contribution in [2.24, 2.45) is 5.73 Å². The Morgan fingerprint density at radius 2 is 2.03 bits per heavy atom. The van der Waals surface area contributed by atoms with Crippen LogP contribution in [0.3, 0.4) is 0 Å². The van der Waals surface area contributed by atoms with Gasteiger partial charge in [-0.2, -0.15) is 0 Å². The van der Waals surface area contributed by atoms with Crippen LogP contribution in [0.4, 0.5) is 5.69 Å². The number of fused-ring (bicyclic) bond motifs is 3. The Kier molecular flexibility index (Phi) is 4.67. The van der Waals surface area contributed by atoms with Crippen molar-refractivity contribution in [1.29, 1.82) is 0 Å². The summed E-state index contributed by atoms with van der Waals surface area (Å²) in [5.41, 5.74) is 9.80. The van der Waals surface area contributed by atoms with Gasteiger partial charge >= 0.3 is 0 Å². The number of carbonyl (C=O) groups excluding carboxylic acids is 2. The number of para-hydroxylation sites is 1. The highest BCUT2D eigenvalue weighted by atomic mass is 79.9. The van der Waals surface area contributed by atoms with E-state index in [1.165, 1.54) is 5.56 Å². The third-order valence-electron chi connectivity index (χ3n) is 6.32. The third kappa shape index (κ3) is 3.22. The predicted octanol–water partition coefficient (Wildman–Crippen LogP) is 2.99. The molecule has 6 nitrogen and oxygen atoms in total. The molecule has 2 aromatic carbocycles. The Balaban J connectivity index is 1.48. The number of H-pyrrole nitrogens is 1. The Bertz CT molecular complexity index is 1150. The molecule has 1 aliphatic carbocycles. The van der Waals surface area contributed by atoms with E-state index >= 15 is 0 Å². The highest BCUT2D eigenvalue weighted by Gasteiger charge is 2.53. The van der Waals surface area contributed by atoms with Crippen LogP contribution in [0.2, 0.25) is 0 Å². The molecule has 1 atom stereocenters. The molecule has 0 unspecified atom stereocenters. The number of hydrogen-bond donors (Lipinski definition) is 3. The maximum absolute atomic E-state index is 13.7. The summed E-state index contributed by atoms with van der Waals surface area (Å²) in [5, 5.41) is 3.91. The fraction of sp³-hybridized carbons (Fsp3) is 0.304. The number of hydrogen-bond acceptors (Lipinski definition) is 3. The largest absolute Gasteiger partial charge is 0.361 e. The van der Waals surface area contributed by atoms with Crippen molar-refractivity contribution in [2.45, 2.75) is 30.7 Å². The van der Waals surface area contributed by atoms with E-state index in [0.29, 0.717) is 13.0 Å². The third-order valence-corrected chi connectivity index (χ3v) is 6.81. The molecule has 4 N–H and O–H groups in total. The zero-order valence-electron chi connectivity index (χ0n) is 16.5. The molecule has 0 radical (unpaired) electrons. The predicted molar refractivity (Wildman–Crippen MR) is 120 cm³/mol. The average molecular weight is 467 g/mol. The molecule has 7 heteroatoms. The lowest BCUT2D eigenvalue weighted by molar-refractivity contribution is -0.126. The van der Waals surface area contributed by atoms with Crippen LogP contribution in [0.1, 0.15) is 24.0 Å². The molecule has 1 aromatic heterocycles. The topological polar surface area (TPSA) is 91.2 Å². The molecule has 2 amide bonds. The highest BCUT2D eigenvalue weighted by molar-refractivity contribution is 9.10. The Hall–Kier alpha value is -2.64.